The molecule has 0 radical (unpaired) electrons. The Morgan fingerprint density at radius 3 is 2.38 bits per heavy atom. The van der Waals surface area contributed by atoms with Gasteiger partial charge in [0.05, 0.1) is 13.2 Å². The van der Waals surface area contributed by atoms with Crippen molar-refractivity contribution in [1.29, 1.82) is 0 Å². The first-order valence-electron chi connectivity index (χ1n) is 8.32. The molecule has 0 atom stereocenters. The van der Waals surface area contributed by atoms with Crippen LogP contribution in [-0.2, 0) is 4.74 Å². The fourth-order valence-electron chi connectivity index (χ4n) is 3.36. The zero-order valence-electron chi connectivity index (χ0n) is 13.8. The van der Waals surface area contributed by atoms with Crippen molar-refractivity contribution in [3.05, 3.63) is 54.2 Å². The summed E-state index contributed by atoms with van der Waals surface area (Å²) in [6.45, 7) is 5.41. The highest BCUT2D eigenvalue weighted by molar-refractivity contribution is 6.03. The lowest BCUT2D eigenvalue weighted by Gasteiger charge is -2.28. The Hall–Kier alpha value is -2.59. The first-order valence-corrected chi connectivity index (χ1v) is 8.32. The minimum Gasteiger partial charge on any atom is -0.398 e. The smallest absolute Gasteiger partial charge is 0.128 e. The third-order valence-corrected chi connectivity index (χ3v) is 4.65. The van der Waals surface area contributed by atoms with E-state index in [0.717, 1.165) is 54.5 Å². The average Bonchev–Trinajstić information content (AvgIpc) is 2.63. The van der Waals surface area contributed by atoms with E-state index in [1.54, 1.807) is 0 Å². The van der Waals surface area contributed by atoms with E-state index in [0.29, 0.717) is 0 Å². The fourth-order valence-corrected chi connectivity index (χ4v) is 3.36. The summed E-state index contributed by atoms with van der Waals surface area (Å²) in [5, 5.41) is 2.26. The van der Waals surface area contributed by atoms with Crippen LogP contribution in [0.5, 0.6) is 0 Å². The Kier molecular flexibility index (Phi) is 3.82. The van der Waals surface area contributed by atoms with Gasteiger partial charge in [-0.3, -0.25) is 0 Å². The number of nitrogens with two attached hydrogens (primary N) is 1. The lowest BCUT2D eigenvalue weighted by atomic mass is 9.96. The summed E-state index contributed by atoms with van der Waals surface area (Å²) in [6.07, 6.45) is 0. The minimum absolute atomic E-state index is 0.769. The van der Waals surface area contributed by atoms with E-state index < -0.39 is 0 Å². The van der Waals surface area contributed by atoms with Crippen LogP contribution in [0.15, 0.2) is 48.5 Å². The van der Waals surface area contributed by atoms with Gasteiger partial charge >= 0.3 is 0 Å². The van der Waals surface area contributed by atoms with Crippen LogP contribution in [0, 0.1) is 6.92 Å². The quantitative estimate of drug-likeness (QED) is 0.733. The summed E-state index contributed by atoms with van der Waals surface area (Å²) in [4.78, 5) is 7.12. The monoisotopic (exact) mass is 319 g/mol. The molecule has 1 fully saturated rings. The summed E-state index contributed by atoms with van der Waals surface area (Å²) in [5.41, 5.74) is 10.3. The summed E-state index contributed by atoms with van der Waals surface area (Å²) < 4.78 is 5.42. The minimum atomic E-state index is 0.769. The van der Waals surface area contributed by atoms with E-state index in [-0.39, 0.29) is 0 Å². The first-order chi connectivity index (χ1) is 11.7. The van der Waals surface area contributed by atoms with Crippen molar-refractivity contribution in [2.75, 3.05) is 36.9 Å². The van der Waals surface area contributed by atoms with E-state index in [1.165, 1.54) is 10.9 Å². The SMILES string of the molecule is Cc1nc(N2CCOCC2)ccc1-c1ccc(N)c2ccccc12. The standard InChI is InChI=1S/C20H21N3O/c1-14-15(7-9-20(22-14)23-10-12-24-13-11-23)17-6-8-19(21)18-5-3-2-4-16(17)18/h2-9H,10-13,21H2,1H3. The maximum Gasteiger partial charge on any atom is 0.128 e. The van der Waals surface area contributed by atoms with Crippen molar-refractivity contribution in [2.24, 2.45) is 0 Å². The predicted molar refractivity (Wildman–Crippen MR) is 99.4 cm³/mol. The van der Waals surface area contributed by atoms with Crippen molar-refractivity contribution in [1.82, 2.24) is 4.98 Å². The summed E-state index contributed by atoms with van der Waals surface area (Å²) in [7, 11) is 0. The molecule has 1 aliphatic rings. The normalized spacial score (nSPS) is 15.0. The third kappa shape index (κ3) is 2.59. The van der Waals surface area contributed by atoms with Crippen molar-refractivity contribution >= 4 is 22.3 Å². The fraction of sp³-hybridized carbons (Fsp3) is 0.250. The molecule has 0 amide bonds. The molecule has 4 rings (SSSR count). The molecule has 0 spiro atoms. The van der Waals surface area contributed by atoms with Gasteiger partial charge in [0.2, 0.25) is 0 Å². The molecule has 2 aromatic carbocycles. The Labute approximate surface area is 141 Å². The average molecular weight is 319 g/mol. The molecule has 1 aromatic heterocycles. The van der Waals surface area contributed by atoms with Crippen LogP contribution in [0.3, 0.4) is 0 Å². The van der Waals surface area contributed by atoms with Gasteiger partial charge in [0, 0.05) is 35.4 Å². The molecule has 24 heavy (non-hydrogen) atoms. The van der Waals surface area contributed by atoms with E-state index in [2.05, 4.69) is 48.2 Å². The number of anilines is 2. The molecule has 122 valence electrons. The van der Waals surface area contributed by atoms with Crippen LogP contribution < -0.4 is 10.6 Å². The van der Waals surface area contributed by atoms with Crippen LogP contribution in [0.1, 0.15) is 5.69 Å². The number of nitrogen functional groups attached to an aromatic ring is 1. The summed E-state index contributed by atoms with van der Waals surface area (Å²) in [6, 6.07) is 16.6. The van der Waals surface area contributed by atoms with E-state index in [1.807, 2.05) is 12.1 Å². The van der Waals surface area contributed by atoms with Crippen LogP contribution in [0.2, 0.25) is 0 Å². The van der Waals surface area contributed by atoms with Gasteiger partial charge in [0.1, 0.15) is 5.82 Å². The maximum atomic E-state index is 6.13. The highest BCUT2D eigenvalue weighted by Gasteiger charge is 2.15. The summed E-state index contributed by atoms with van der Waals surface area (Å²) in [5.74, 6) is 1.03. The lowest BCUT2D eigenvalue weighted by molar-refractivity contribution is 0.122. The van der Waals surface area contributed by atoms with E-state index in [9.17, 15) is 0 Å². The van der Waals surface area contributed by atoms with Crippen LogP contribution in [0.4, 0.5) is 11.5 Å². The van der Waals surface area contributed by atoms with Gasteiger partial charge in [-0.1, -0.05) is 30.3 Å². The van der Waals surface area contributed by atoms with Crippen LogP contribution >= 0.6 is 0 Å². The van der Waals surface area contributed by atoms with Crippen molar-refractivity contribution in [3.8, 4) is 11.1 Å². The van der Waals surface area contributed by atoms with Crippen molar-refractivity contribution in [3.63, 3.8) is 0 Å². The Balaban J connectivity index is 1.79. The second kappa shape index (κ2) is 6.13. The highest BCUT2D eigenvalue weighted by atomic mass is 16.5. The zero-order valence-corrected chi connectivity index (χ0v) is 13.8. The van der Waals surface area contributed by atoms with Gasteiger partial charge in [-0.2, -0.15) is 0 Å². The van der Waals surface area contributed by atoms with Gasteiger partial charge in [0.25, 0.3) is 0 Å². The number of benzene rings is 2. The van der Waals surface area contributed by atoms with Gasteiger partial charge in [-0.25, -0.2) is 4.98 Å². The number of rotatable bonds is 2. The molecule has 2 N–H and O–H groups in total. The maximum absolute atomic E-state index is 6.13. The summed E-state index contributed by atoms with van der Waals surface area (Å²) >= 11 is 0. The van der Waals surface area contributed by atoms with E-state index in [4.69, 9.17) is 15.5 Å². The number of pyridine rings is 1. The first kappa shape index (κ1) is 15.0. The molecule has 0 bridgehead atoms. The molecule has 0 aliphatic carbocycles. The van der Waals surface area contributed by atoms with Crippen LogP contribution in [-0.4, -0.2) is 31.3 Å². The number of aryl methyl sites for hydroxylation is 1. The van der Waals surface area contributed by atoms with Gasteiger partial charge in [-0.05, 0) is 36.1 Å². The lowest BCUT2D eigenvalue weighted by Crippen LogP contribution is -2.36. The van der Waals surface area contributed by atoms with Gasteiger partial charge in [0.15, 0.2) is 0 Å². The van der Waals surface area contributed by atoms with Gasteiger partial charge < -0.3 is 15.4 Å². The number of fused-ring (bicyclic) bond motifs is 1. The molecule has 2 heterocycles. The molecule has 4 nitrogen and oxygen atoms in total. The Morgan fingerprint density at radius 2 is 1.62 bits per heavy atom. The zero-order chi connectivity index (χ0) is 16.5. The molecule has 0 unspecified atom stereocenters. The molecular formula is C20H21N3O. The molecule has 4 heteroatoms. The molecule has 1 saturated heterocycles. The van der Waals surface area contributed by atoms with Gasteiger partial charge in [-0.15, -0.1) is 0 Å². The molecular weight excluding hydrogens is 298 g/mol. The predicted octanol–water partition coefficient (Wildman–Crippen LogP) is 3.63. The second-order valence-corrected chi connectivity index (χ2v) is 6.15. The number of hydrogen-bond donors (Lipinski definition) is 1. The Morgan fingerprint density at radius 1 is 0.917 bits per heavy atom. The number of morpholine rings is 1. The van der Waals surface area contributed by atoms with E-state index >= 15 is 0 Å². The number of hydrogen-bond acceptors (Lipinski definition) is 4. The van der Waals surface area contributed by atoms with Crippen LogP contribution in [0.25, 0.3) is 21.9 Å². The number of ether oxygens (including phenoxy) is 1. The molecule has 3 aromatic rings. The van der Waals surface area contributed by atoms with Crippen molar-refractivity contribution < 1.29 is 4.74 Å². The van der Waals surface area contributed by atoms with Crippen molar-refractivity contribution in [2.45, 2.75) is 6.92 Å². The Bertz CT molecular complexity index is 885. The third-order valence-electron chi connectivity index (χ3n) is 4.65. The topological polar surface area (TPSA) is 51.4 Å². The second-order valence-electron chi connectivity index (χ2n) is 6.15. The largest absolute Gasteiger partial charge is 0.398 e. The highest BCUT2D eigenvalue weighted by Crippen LogP contribution is 2.34. The molecule has 1 aliphatic heterocycles. The number of aromatic nitrogens is 1. The number of nitrogens with zero attached hydrogens (tertiary/aromatic N) is 2. The molecule has 0 saturated carbocycles.